The van der Waals surface area contributed by atoms with E-state index in [1.165, 1.54) is 28.3 Å². The van der Waals surface area contributed by atoms with Gasteiger partial charge < -0.3 is 28.4 Å². The zero-order chi connectivity index (χ0) is 14.4. The molecule has 7 nitrogen and oxygen atoms in total. The molecule has 5 atom stereocenters. The van der Waals surface area contributed by atoms with E-state index in [0.29, 0.717) is 0 Å². The van der Waals surface area contributed by atoms with E-state index in [1.54, 1.807) is 7.11 Å². The summed E-state index contributed by atoms with van der Waals surface area (Å²) < 4.78 is 32.0. The summed E-state index contributed by atoms with van der Waals surface area (Å²) in [5.41, 5.74) is 0. The van der Waals surface area contributed by atoms with Crippen LogP contribution in [0.2, 0.25) is 0 Å². The van der Waals surface area contributed by atoms with Gasteiger partial charge in [0.25, 0.3) is 0 Å². The minimum absolute atomic E-state index is 0.258. The van der Waals surface area contributed by atoms with Crippen LogP contribution in [0.4, 0.5) is 0 Å². The molecule has 0 N–H and O–H groups in total. The first-order valence-electron chi connectivity index (χ1n) is 5.99. The molecule has 0 radical (unpaired) electrons. The lowest BCUT2D eigenvalue weighted by Crippen LogP contribution is -2.61. The highest BCUT2D eigenvalue weighted by atomic mass is 16.7. The summed E-state index contributed by atoms with van der Waals surface area (Å²) in [7, 11) is 6.10. The molecule has 112 valence electrons. The first kappa shape index (κ1) is 16.3. The van der Waals surface area contributed by atoms with E-state index in [2.05, 4.69) is 0 Å². The number of carbonyl (C=O) groups is 1. The third kappa shape index (κ3) is 3.87. The molecule has 19 heavy (non-hydrogen) atoms. The molecule has 1 aliphatic heterocycles. The summed E-state index contributed by atoms with van der Waals surface area (Å²) >= 11 is 0. The molecule has 0 amide bonds. The molecule has 0 bridgehead atoms. The molecule has 1 fully saturated rings. The standard InChI is InChI=1S/C12H22O7/c1-7(13)18-9-8(6-14-2)19-12(17-5)11(16-4)10(9)15-3/h8-12H,6H2,1-5H3/t8-,9+,10+,11-,12+/m1/s1. The van der Waals surface area contributed by atoms with Gasteiger partial charge in [-0.05, 0) is 0 Å². The third-order valence-electron chi connectivity index (χ3n) is 3.00. The predicted molar refractivity (Wildman–Crippen MR) is 64.7 cm³/mol. The number of rotatable bonds is 6. The van der Waals surface area contributed by atoms with Crippen molar-refractivity contribution in [3.63, 3.8) is 0 Å². The molecule has 1 aliphatic rings. The maximum atomic E-state index is 11.2. The van der Waals surface area contributed by atoms with E-state index in [1.807, 2.05) is 0 Å². The van der Waals surface area contributed by atoms with Crippen LogP contribution in [0.1, 0.15) is 6.92 Å². The Morgan fingerprint density at radius 1 is 1.00 bits per heavy atom. The molecule has 0 unspecified atom stereocenters. The average Bonchev–Trinajstić information content (AvgIpc) is 2.39. The molecule has 1 saturated heterocycles. The van der Waals surface area contributed by atoms with Gasteiger partial charge >= 0.3 is 5.97 Å². The number of ether oxygens (including phenoxy) is 6. The normalized spacial score (nSPS) is 35.1. The summed E-state index contributed by atoms with van der Waals surface area (Å²) in [5.74, 6) is -0.414. The molecular weight excluding hydrogens is 256 g/mol. The third-order valence-corrected chi connectivity index (χ3v) is 3.00. The van der Waals surface area contributed by atoms with E-state index in [0.717, 1.165) is 0 Å². The van der Waals surface area contributed by atoms with Crippen molar-refractivity contribution in [3.8, 4) is 0 Å². The van der Waals surface area contributed by atoms with Crippen LogP contribution >= 0.6 is 0 Å². The number of hydrogen-bond donors (Lipinski definition) is 0. The second-order valence-electron chi connectivity index (χ2n) is 4.21. The lowest BCUT2D eigenvalue weighted by Gasteiger charge is -2.43. The molecular formula is C12H22O7. The van der Waals surface area contributed by atoms with Crippen LogP contribution in [0.5, 0.6) is 0 Å². The minimum atomic E-state index is -0.612. The van der Waals surface area contributed by atoms with Gasteiger partial charge in [-0.1, -0.05) is 0 Å². The van der Waals surface area contributed by atoms with Crippen molar-refractivity contribution in [3.05, 3.63) is 0 Å². The smallest absolute Gasteiger partial charge is 0.303 e. The Hall–Kier alpha value is -0.730. The predicted octanol–water partition coefficient (Wildman–Crippen LogP) is -0.0342. The highest BCUT2D eigenvalue weighted by Crippen LogP contribution is 2.28. The van der Waals surface area contributed by atoms with Crippen LogP contribution in [0.25, 0.3) is 0 Å². The molecule has 1 rings (SSSR count). The van der Waals surface area contributed by atoms with Crippen molar-refractivity contribution in [1.82, 2.24) is 0 Å². The summed E-state index contributed by atoms with van der Waals surface area (Å²) in [6.45, 7) is 1.59. The molecule has 1 heterocycles. The Morgan fingerprint density at radius 3 is 2.05 bits per heavy atom. The van der Waals surface area contributed by atoms with Crippen LogP contribution in [0.15, 0.2) is 0 Å². The molecule has 0 aromatic carbocycles. The van der Waals surface area contributed by atoms with Gasteiger partial charge in [-0.2, -0.15) is 0 Å². The molecule has 7 heteroatoms. The summed E-state index contributed by atoms with van der Waals surface area (Å²) in [4.78, 5) is 11.2. The number of methoxy groups -OCH3 is 4. The Balaban J connectivity index is 2.94. The van der Waals surface area contributed by atoms with Crippen LogP contribution in [-0.4, -0.2) is 71.7 Å². The van der Waals surface area contributed by atoms with Gasteiger partial charge in [0.2, 0.25) is 0 Å². The quantitative estimate of drug-likeness (QED) is 0.631. The second-order valence-corrected chi connectivity index (χ2v) is 4.21. The number of carbonyl (C=O) groups excluding carboxylic acids is 1. The fourth-order valence-corrected chi connectivity index (χ4v) is 2.22. The lowest BCUT2D eigenvalue weighted by atomic mass is 9.98. The summed E-state index contributed by atoms with van der Waals surface area (Å²) in [6.07, 6.45) is -2.68. The molecule has 0 aromatic rings. The maximum absolute atomic E-state index is 11.2. The second kappa shape index (κ2) is 7.76. The maximum Gasteiger partial charge on any atom is 0.303 e. The molecule has 0 aliphatic carbocycles. The van der Waals surface area contributed by atoms with E-state index < -0.39 is 36.7 Å². The van der Waals surface area contributed by atoms with Gasteiger partial charge in [0.05, 0.1) is 6.61 Å². The van der Waals surface area contributed by atoms with Crippen molar-refractivity contribution in [2.24, 2.45) is 0 Å². The van der Waals surface area contributed by atoms with E-state index in [4.69, 9.17) is 28.4 Å². The van der Waals surface area contributed by atoms with Crippen LogP contribution in [0, 0.1) is 0 Å². The SMILES string of the molecule is COC[C@H]1O[C@H](OC)[C@H](OC)[C@@H](OC)[C@H]1OC(C)=O. The zero-order valence-corrected chi connectivity index (χ0v) is 12.0. The first-order valence-corrected chi connectivity index (χ1v) is 5.99. The Kier molecular flexibility index (Phi) is 6.67. The Labute approximate surface area is 113 Å². The largest absolute Gasteiger partial charge is 0.457 e. The fraction of sp³-hybridized carbons (Fsp3) is 0.917. The fourth-order valence-electron chi connectivity index (χ4n) is 2.22. The topological polar surface area (TPSA) is 72.5 Å². The van der Waals surface area contributed by atoms with E-state index in [9.17, 15) is 4.79 Å². The molecule has 0 aromatic heterocycles. The Morgan fingerprint density at radius 2 is 1.63 bits per heavy atom. The van der Waals surface area contributed by atoms with Crippen LogP contribution in [0.3, 0.4) is 0 Å². The molecule has 0 spiro atoms. The first-order chi connectivity index (χ1) is 9.08. The van der Waals surface area contributed by atoms with Gasteiger partial charge in [0, 0.05) is 35.4 Å². The number of esters is 1. The van der Waals surface area contributed by atoms with Gasteiger partial charge in [0.15, 0.2) is 12.4 Å². The van der Waals surface area contributed by atoms with Crippen molar-refractivity contribution in [2.45, 2.75) is 37.6 Å². The van der Waals surface area contributed by atoms with Gasteiger partial charge in [-0.3, -0.25) is 4.79 Å². The zero-order valence-electron chi connectivity index (χ0n) is 12.0. The highest BCUT2D eigenvalue weighted by Gasteiger charge is 2.48. The monoisotopic (exact) mass is 278 g/mol. The minimum Gasteiger partial charge on any atom is -0.457 e. The van der Waals surface area contributed by atoms with Crippen molar-refractivity contribution < 1.29 is 33.2 Å². The Bertz CT molecular complexity index is 283. The van der Waals surface area contributed by atoms with Crippen LogP contribution < -0.4 is 0 Å². The average molecular weight is 278 g/mol. The van der Waals surface area contributed by atoms with Gasteiger partial charge in [-0.25, -0.2) is 0 Å². The van der Waals surface area contributed by atoms with E-state index >= 15 is 0 Å². The lowest BCUT2D eigenvalue weighted by molar-refractivity contribution is -0.305. The van der Waals surface area contributed by atoms with Crippen molar-refractivity contribution >= 4 is 5.97 Å². The van der Waals surface area contributed by atoms with E-state index in [-0.39, 0.29) is 6.61 Å². The van der Waals surface area contributed by atoms with Crippen molar-refractivity contribution in [1.29, 1.82) is 0 Å². The van der Waals surface area contributed by atoms with Gasteiger partial charge in [-0.15, -0.1) is 0 Å². The van der Waals surface area contributed by atoms with Crippen molar-refractivity contribution in [2.75, 3.05) is 35.0 Å². The van der Waals surface area contributed by atoms with Crippen LogP contribution in [-0.2, 0) is 33.2 Å². The molecule has 0 saturated carbocycles. The number of hydrogen-bond acceptors (Lipinski definition) is 7. The summed E-state index contributed by atoms with van der Waals surface area (Å²) in [6, 6.07) is 0. The highest BCUT2D eigenvalue weighted by molar-refractivity contribution is 5.66. The van der Waals surface area contributed by atoms with Gasteiger partial charge in [0.1, 0.15) is 18.3 Å². The summed E-state index contributed by atoms with van der Waals surface area (Å²) in [5, 5.41) is 0.